The number of hydrogen-bond acceptors (Lipinski definition) is 8. The molecule has 32 heavy (non-hydrogen) atoms. The fourth-order valence-corrected chi connectivity index (χ4v) is 3.30. The first-order valence-corrected chi connectivity index (χ1v) is 9.69. The van der Waals surface area contributed by atoms with E-state index in [-0.39, 0.29) is 29.4 Å². The molecule has 2 saturated heterocycles. The van der Waals surface area contributed by atoms with E-state index in [2.05, 4.69) is 19.7 Å². The van der Waals surface area contributed by atoms with Crippen molar-refractivity contribution >= 4 is 23.5 Å². The van der Waals surface area contributed by atoms with E-state index >= 15 is 0 Å². The maximum atomic E-state index is 12.7. The van der Waals surface area contributed by atoms with E-state index in [1.165, 1.54) is 35.6 Å². The highest BCUT2D eigenvalue weighted by atomic mass is 19.4. The van der Waals surface area contributed by atoms with Gasteiger partial charge in [-0.3, -0.25) is 9.59 Å². The molecule has 2 N–H and O–H groups in total. The second-order valence-electron chi connectivity index (χ2n) is 7.37. The monoisotopic (exact) mass is 452 g/mol. The van der Waals surface area contributed by atoms with Gasteiger partial charge in [-0.25, -0.2) is 15.0 Å². The number of carbonyl (C=O) groups excluding carboxylic acids is 2. The third-order valence-corrected chi connectivity index (χ3v) is 5.03. The summed E-state index contributed by atoms with van der Waals surface area (Å²) in [5.74, 6) is -0.379. The Morgan fingerprint density at radius 1 is 1.16 bits per heavy atom. The van der Waals surface area contributed by atoms with Gasteiger partial charge in [0.15, 0.2) is 12.7 Å². The zero-order valence-electron chi connectivity index (χ0n) is 16.7. The van der Waals surface area contributed by atoms with Gasteiger partial charge in [0.05, 0.1) is 30.2 Å². The minimum Gasteiger partial charge on any atom is -0.479 e. The number of ether oxygens (including phenoxy) is 2. The molecule has 13 heteroatoms. The van der Waals surface area contributed by atoms with E-state index in [9.17, 15) is 22.8 Å². The molecule has 0 aliphatic carbocycles. The Labute approximate surface area is 180 Å². The number of primary amides is 1. The van der Waals surface area contributed by atoms with Crippen LogP contribution in [0, 0.1) is 5.92 Å². The molecule has 0 spiro atoms. The highest BCUT2D eigenvalue weighted by Gasteiger charge is 2.36. The van der Waals surface area contributed by atoms with Gasteiger partial charge in [0, 0.05) is 32.1 Å². The van der Waals surface area contributed by atoms with Gasteiger partial charge in [0.1, 0.15) is 5.75 Å². The summed E-state index contributed by atoms with van der Waals surface area (Å²) in [4.78, 5) is 39.4. The molecule has 0 aromatic carbocycles. The second kappa shape index (κ2) is 8.48. The molecule has 2 aliphatic heterocycles. The average molecular weight is 452 g/mol. The quantitative estimate of drug-likeness (QED) is 0.658. The van der Waals surface area contributed by atoms with Crippen molar-refractivity contribution in [1.29, 1.82) is 0 Å². The number of halogens is 3. The normalized spacial score (nSPS) is 19.1. The van der Waals surface area contributed by atoms with Crippen LogP contribution < -0.4 is 25.0 Å². The number of rotatable bonds is 7. The predicted molar refractivity (Wildman–Crippen MR) is 104 cm³/mol. The Hall–Kier alpha value is -3.64. The average Bonchev–Trinajstić information content (AvgIpc) is 3.06. The molecule has 2 fully saturated rings. The SMILES string of the molecule is NC(=O)C1CN(c2ncc(N3CC[C@@H](Oc4ccc(OCC(F)(F)F)nc4)C3=O)cn2)C1. The lowest BCUT2D eigenvalue weighted by molar-refractivity contribution is -0.154. The summed E-state index contributed by atoms with van der Waals surface area (Å²) in [6, 6.07) is 2.63. The van der Waals surface area contributed by atoms with E-state index in [1.807, 2.05) is 4.90 Å². The van der Waals surface area contributed by atoms with Crippen LogP contribution in [0.2, 0.25) is 0 Å². The zero-order valence-corrected chi connectivity index (χ0v) is 16.7. The topological polar surface area (TPSA) is 124 Å². The van der Waals surface area contributed by atoms with Gasteiger partial charge in [0.25, 0.3) is 5.91 Å². The summed E-state index contributed by atoms with van der Waals surface area (Å²) in [6.45, 7) is -0.136. The van der Waals surface area contributed by atoms with Crippen LogP contribution in [0.3, 0.4) is 0 Å². The molecular formula is C19H19F3N6O4. The van der Waals surface area contributed by atoms with Crippen molar-refractivity contribution in [2.75, 3.05) is 36.0 Å². The Morgan fingerprint density at radius 2 is 1.88 bits per heavy atom. The van der Waals surface area contributed by atoms with Crippen molar-refractivity contribution in [3.8, 4) is 11.6 Å². The molecule has 0 unspecified atom stereocenters. The van der Waals surface area contributed by atoms with Crippen LogP contribution in [-0.4, -0.2) is 65.3 Å². The van der Waals surface area contributed by atoms with Crippen molar-refractivity contribution in [2.24, 2.45) is 11.7 Å². The summed E-state index contributed by atoms with van der Waals surface area (Å²) in [6.07, 6.45) is -0.584. The highest BCUT2D eigenvalue weighted by molar-refractivity contribution is 5.98. The number of hydrogen-bond donors (Lipinski definition) is 1. The molecule has 170 valence electrons. The number of amides is 2. The van der Waals surface area contributed by atoms with Crippen LogP contribution in [0.5, 0.6) is 11.6 Å². The smallest absolute Gasteiger partial charge is 0.422 e. The van der Waals surface area contributed by atoms with Gasteiger partial charge < -0.3 is 25.0 Å². The summed E-state index contributed by atoms with van der Waals surface area (Å²) >= 11 is 0. The first kappa shape index (κ1) is 21.6. The van der Waals surface area contributed by atoms with Crippen LogP contribution >= 0.6 is 0 Å². The largest absolute Gasteiger partial charge is 0.479 e. The standard InChI is InChI=1S/C19H19F3N6O4/c20-19(21,22)10-31-15-2-1-13(7-24-15)32-14-3-4-28(17(14)30)12-5-25-18(26-6-12)27-8-11(9-27)16(23)29/h1-2,5-7,11,14H,3-4,8-10H2,(H2,23,29)/t14-/m1/s1. The van der Waals surface area contributed by atoms with E-state index in [1.54, 1.807) is 0 Å². The summed E-state index contributed by atoms with van der Waals surface area (Å²) in [7, 11) is 0. The molecule has 2 aromatic rings. The number of nitrogens with zero attached hydrogens (tertiary/aromatic N) is 5. The van der Waals surface area contributed by atoms with Crippen LogP contribution in [0.1, 0.15) is 6.42 Å². The van der Waals surface area contributed by atoms with E-state index in [0.29, 0.717) is 37.7 Å². The predicted octanol–water partition coefficient (Wildman–Crippen LogP) is 0.918. The molecule has 0 radical (unpaired) electrons. The molecule has 4 rings (SSSR count). The second-order valence-corrected chi connectivity index (χ2v) is 7.37. The minimum absolute atomic E-state index is 0.198. The number of aromatic nitrogens is 3. The van der Waals surface area contributed by atoms with Gasteiger partial charge in [-0.05, 0) is 6.07 Å². The fourth-order valence-electron chi connectivity index (χ4n) is 3.30. The Kier molecular flexibility index (Phi) is 5.72. The number of pyridine rings is 1. The van der Waals surface area contributed by atoms with Gasteiger partial charge in [0.2, 0.25) is 17.7 Å². The molecule has 0 bridgehead atoms. The van der Waals surface area contributed by atoms with Crippen LogP contribution in [0.4, 0.5) is 24.8 Å². The Morgan fingerprint density at radius 3 is 2.47 bits per heavy atom. The maximum absolute atomic E-state index is 12.7. The lowest BCUT2D eigenvalue weighted by atomic mass is 10.0. The van der Waals surface area contributed by atoms with Gasteiger partial charge in [-0.1, -0.05) is 0 Å². The Balaban J connectivity index is 1.31. The summed E-state index contributed by atoms with van der Waals surface area (Å²) in [5, 5.41) is 0. The van der Waals surface area contributed by atoms with Crippen molar-refractivity contribution in [3.63, 3.8) is 0 Å². The number of nitrogens with two attached hydrogens (primary N) is 1. The van der Waals surface area contributed by atoms with Crippen LogP contribution in [0.25, 0.3) is 0 Å². The third-order valence-electron chi connectivity index (χ3n) is 5.03. The molecule has 10 nitrogen and oxygen atoms in total. The minimum atomic E-state index is -4.46. The molecule has 0 saturated carbocycles. The fraction of sp³-hybridized carbons (Fsp3) is 0.421. The van der Waals surface area contributed by atoms with Gasteiger partial charge in [-0.15, -0.1) is 0 Å². The first-order valence-electron chi connectivity index (χ1n) is 9.69. The molecule has 1 atom stereocenters. The lowest BCUT2D eigenvalue weighted by Gasteiger charge is -2.37. The van der Waals surface area contributed by atoms with E-state index < -0.39 is 18.9 Å². The van der Waals surface area contributed by atoms with Crippen LogP contribution in [-0.2, 0) is 9.59 Å². The molecule has 2 aliphatic rings. The number of anilines is 2. The summed E-state index contributed by atoms with van der Waals surface area (Å²) in [5.41, 5.74) is 5.76. The number of alkyl halides is 3. The van der Waals surface area contributed by atoms with Crippen LogP contribution in [0.15, 0.2) is 30.7 Å². The van der Waals surface area contributed by atoms with Gasteiger partial charge in [-0.2, -0.15) is 13.2 Å². The van der Waals surface area contributed by atoms with E-state index in [0.717, 1.165) is 0 Å². The van der Waals surface area contributed by atoms with Crippen molar-refractivity contribution in [1.82, 2.24) is 15.0 Å². The van der Waals surface area contributed by atoms with Gasteiger partial charge >= 0.3 is 6.18 Å². The molecule has 2 aromatic heterocycles. The van der Waals surface area contributed by atoms with Crippen molar-refractivity contribution in [2.45, 2.75) is 18.7 Å². The Bertz CT molecular complexity index is 980. The maximum Gasteiger partial charge on any atom is 0.422 e. The first-order chi connectivity index (χ1) is 15.2. The third kappa shape index (κ3) is 4.81. The molecular weight excluding hydrogens is 433 g/mol. The number of carbonyl (C=O) groups is 2. The van der Waals surface area contributed by atoms with Crippen molar-refractivity contribution < 1.29 is 32.2 Å². The van der Waals surface area contributed by atoms with E-state index in [4.69, 9.17) is 10.5 Å². The lowest BCUT2D eigenvalue weighted by Crippen LogP contribution is -2.53. The molecule has 2 amide bonds. The van der Waals surface area contributed by atoms with Crippen molar-refractivity contribution in [3.05, 3.63) is 30.7 Å². The zero-order chi connectivity index (χ0) is 22.9. The molecule has 4 heterocycles. The highest BCUT2D eigenvalue weighted by Crippen LogP contribution is 2.27. The summed E-state index contributed by atoms with van der Waals surface area (Å²) < 4.78 is 46.7.